The highest BCUT2D eigenvalue weighted by molar-refractivity contribution is 9.09. The highest BCUT2D eigenvalue weighted by Gasteiger charge is 2.14. The van der Waals surface area contributed by atoms with Gasteiger partial charge < -0.3 is 13.9 Å². The van der Waals surface area contributed by atoms with E-state index in [9.17, 15) is 0 Å². The Labute approximate surface area is 121 Å². The van der Waals surface area contributed by atoms with Gasteiger partial charge in [0.15, 0.2) is 11.5 Å². The molecule has 2 aromatic rings. The summed E-state index contributed by atoms with van der Waals surface area (Å²) in [5, 5.41) is 0. The SMILES string of the molecule is COc1ccc(CC(Br)c2ccoc2C)cc1OC. The molecule has 4 heteroatoms. The number of rotatable bonds is 5. The number of hydrogen-bond acceptors (Lipinski definition) is 3. The Kier molecular flexibility index (Phi) is 4.53. The number of alkyl halides is 1. The molecule has 0 aliphatic rings. The van der Waals surface area contributed by atoms with Crippen molar-refractivity contribution in [2.24, 2.45) is 0 Å². The molecule has 0 amide bonds. The average Bonchev–Trinajstić information content (AvgIpc) is 2.85. The van der Waals surface area contributed by atoms with Crippen LogP contribution in [-0.4, -0.2) is 14.2 Å². The van der Waals surface area contributed by atoms with E-state index in [1.807, 2.05) is 31.2 Å². The number of hydrogen-bond donors (Lipinski definition) is 0. The third-order valence-electron chi connectivity index (χ3n) is 3.10. The summed E-state index contributed by atoms with van der Waals surface area (Å²) < 4.78 is 15.9. The van der Waals surface area contributed by atoms with Crippen molar-refractivity contribution < 1.29 is 13.9 Å². The van der Waals surface area contributed by atoms with Crippen molar-refractivity contribution in [1.29, 1.82) is 0 Å². The van der Waals surface area contributed by atoms with Gasteiger partial charge in [0.2, 0.25) is 0 Å². The summed E-state index contributed by atoms with van der Waals surface area (Å²) in [6.45, 7) is 1.97. The summed E-state index contributed by atoms with van der Waals surface area (Å²) >= 11 is 3.70. The molecule has 2 rings (SSSR count). The molecule has 0 bridgehead atoms. The molecule has 1 atom stereocenters. The fourth-order valence-corrected chi connectivity index (χ4v) is 2.89. The zero-order valence-corrected chi connectivity index (χ0v) is 12.9. The number of methoxy groups -OCH3 is 2. The third kappa shape index (κ3) is 3.13. The van der Waals surface area contributed by atoms with Crippen LogP contribution in [0.1, 0.15) is 21.7 Å². The van der Waals surface area contributed by atoms with Crippen LogP contribution in [0, 0.1) is 6.92 Å². The molecule has 102 valence electrons. The van der Waals surface area contributed by atoms with Gasteiger partial charge in [0.25, 0.3) is 0 Å². The fraction of sp³-hybridized carbons (Fsp3) is 0.333. The van der Waals surface area contributed by atoms with Crippen LogP contribution in [0.2, 0.25) is 0 Å². The van der Waals surface area contributed by atoms with Gasteiger partial charge in [0.1, 0.15) is 5.76 Å². The second kappa shape index (κ2) is 6.15. The summed E-state index contributed by atoms with van der Waals surface area (Å²) in [6.07, 6.45) is 2.58. The van der Waals surface area contributed by atoms with E-state index in [0.717, 1.165) is 23.7 Å². The largest absolute Gasteiger partial charge is 0.493 e. The molecule has 0 saturated carbocycles. The van der Waals surface area contributed by atoms with Crippen LogP contribution < -0.4 is 9.47 Å². The van der Waals surface area contributed by atoms with E-state index in [2.05, 4.69) is 15.9 Å². The summed E-state index contributed by atoms with van der Waals surface area (Å²) in [6, 6.07) is 7.97. The number of benzene rings is 1. The summed E-state index contributed by atoms with van der Waals surface area (Å²) in [7, 11) is 3.28. The van der Waals surface area contributed by atoms with Crippen LogP contribution in [0.3, 0.4) is 0 Å². The fourth-order valence-electron chi connectivity index (χ4n) is 2.04. The predicted octanol–water partition coefficient (Wildman–Crippen LogP) is 4.28. The molecule has 3 nitrogen and oxygen atoms in total. The zero-order valence-electron chi connectivity index (χ0n) is 11.3. The van der Waals surface area contributed by atoms with E-state index in [1.165, 1.54) is 11.1 Å². The number of ether oxygens (including phenoxy) is 2. The van der Waals surface area contributed by atoms with E-state index in [4.69, 9.17) is 13.9 Å². The number of furan rings is 1. The lowest BCUT2D eigenvalue weighted by atomic mass is 10.0. The molecule has 1 aromatic heterocycles. The molecule has 0 saturated heterocycles. The maximum absolute atomic E-state index is 5.33. The highest BCUT2D eigenvalue weighted by Crippen LogP contribution is 2.33. The summed E-state index contributed by atoms with van der Waals surface area (Å²) in [4.78, 5) is 0.226. The first-order valence-corrected chi connectivity index (χ1v) is 6.96. The van der Waals surface area contributed by atoms with Gasteiger partial charge in [-0.25, -0.2) is 0 Å². The maximum atomic E-state index is 5.33. The molecule has 0 aliphatic heterocycles. The molecule has 0 N–H and O–H groups in total. The summed E-state index contributed by atoms with van der Waals surface area (Å²) in [5.74, 6) is 2.45. The average molecular weight is 325 g/mol. The van der Waals surface area contributed by atoms with Crippen LogP contribution in [0.4, 0.5) is 0 Å². The third-order valence-corrected chi connectivity index (χ3v) is 3.92. The first kappa shape index (κ1) is 14.0. The van der Waals surface area contributed by atoms with Gasteiger partial charge in [-0.2, -0.15) is 0 Å². The smallest absolute Gasteiger partial charge is 0.160 e. The molecular formula is C15H17BrO3. The standard InChI is InChI=1S/C15H17BrO3/c1-10-12(6-7-19-10)13(16)8-11-4-5-14(17-2)15(9-11)18-3/h4-7,9,13H,8H2,1-3H3. The van der Waals surface area contributed by atoms with Gasteiger partial charge in [0, 0.05) is 10.4 Å². The molecule has 1 unspecified atom stereocenters. The van der Waals surface area contributed by atoms with Crippen LogP contribution >= 0.6 is 15.9 Å². The van der Waals surface area contributed by atoms with E-state index >= 15 is 0 Å². The first-order chi connectivity index (χ1) is 9.15. The van der Waals surface area contributed by atoms with E-state index in [1.54, 1.807) is 20.5 Å². The topological polar surface area (TPSA) is 31.6 Å². The maximum Gasteiger partial charge on any atom is 0.160 e. The zero-order chi connectivity index (χ0) is 13.8. The van der Waals surface area contributed by atoms with Crippen molar-refractivity contribution in [1.82, 2.24) is 0 Å². The Morgan fingerprint density at radius 2 is 1.89 bits per heavy atom. The van der Waals surface area contributed by atoms with Crippen LogP contribution in [0.25, 0.3) is 0 Å². The molecule has 1 heterocycles. The minimum absolute atomic E-state index is 0.226. The van der Waals surface area contributed by atoms with Crippen molar-refractivity contribution in [3.05, 3.63) is 47.4 Å². The molecule has 19 heavy (non-hydrogen) atoms. The molecule has 0 aliphatic carbocycles. The van der Waals surface area contributed by atoms with Gasteiger partial charge in [-0.3, -0.25) is 0 Å². The minimum Gasteiger partial charge on any atom is -0.493 e. The van der Waals surface area contributed by atoms with Crippen molar-refractivity contribution in [3.8, 4) is 11.5 Å². The molecule has 1 aromatic carbocycles. The molecular weight excluding hydrogens is 308 g/mol. The lowest BCUT2D eigenvalue weighted by molar-refractivity contribution is 0.354. The van der Waals surface area contributed by atoms with Crippen molar-refractivity contribution in [2.45, 2.75) is 18.2 Å². The van der Waals surface area contributed by atoms with E-state index in [0.29, 0.717) is 0 Å². The molecule has 0 radical (unpaired) electrons. The van der Waals surface area contributed by atoms with Gasteiger partial charge in [-0.1, -0.05) is 22.0 Å². The van der Waals surface area contributed by atoms with Crippen LogP contribution in [-0.2, 0) is 6.42 Å². The molecule has 0 spiro atoms. The van der Waals surface area contributed by atoms with Crippen LogP contribution in [0.15, 0.2) is 34.9 Å². The lowest BCUT2D eigenvalue weighted by Crippen LogP contribution is -1.97. The molecule has 0 fully saturated rings. The van der Waals surface area contributed by atoms with Crippen molar-refractivity contribution >= 4 is 15.9 Å². The second-order valence-corrected chi connectivity index (χ2v) is 5.40. The Bertz CT molecular complexity index is 548. The van der Waals surface area contributed by atoms with Crippen LogP contribution in [0.5, 0.6) is 11.5 Å². The quantitative estimate of drug-likeness (QED) is 0.769. The van der Waals surface area contributed by atoms with Gasteiger partial charge in [-0.05, 0) is 37.1 Å². The second-order valence-electron chi connectivity index (χ2n) is 4.29. The number of aryl methyl sites for hydroxylation is 1. The van der Waals surface area contributed by atoms with Gasteiger partial charge >= 0.3 is 0 Å². The Balaban J connectivity index is 2.17. The predicted molar refractivity (Wildman–Crippen MR) is 78.4 cm³/mol. The summed E-state index contributed by atoms with van der Waals surface area (Å²) in [5.41, 5.74) is 2.36. The Morgan fingerprint density at radius 1 is 1.16 bits per heavy atom. The Hall–Kier alpha value is -1.42. The number of halogens is 1. The normalized spacial score (nSPS) is 12.2. The lowest BCUT2D eigenvalue weighted by Gasteiger charge is -2.12. The van der Waals surface area contributed by atoms with Gasteiger partial charge in [-0.15, -0.1) is 0 Å². The van der Waals surface area contributed by atoms with Crippen molar-refractivity contribution in [2.75, 3.05) is 14.2 Å². The van der Waals surface area contributed by atoms with E-state index < -0.39 is 0 Å². The monoisotopic (exact) mass is 324 g/mol. The Morgan fingerprint density at radius 3 is 2.47 bits per heavy atom. The highest BCUT2D eigenvalue weighted by atomic mass is 79.9. The van der Waals surface area contributed by atoms with Crippen molar-refractivity contribution in [3.63, 3.8) is 0 Å². The first-order valence-electron chi connectivity index (χ1n) is 6.04. The van der Waals surface area contributed by atoms with E-state index in [-0.39, 0.29) is 4.83 Å². The van der Waals surface area contributed by atoms with Gasteiger partial charge in [0.05, 0.1) is 20.5 Å². The minimum atomic E-state index is 0.226.